The molecule has 0 aromatic carbocycles. The van der Waals surface area contributed by atoms with Crippen LogP contribution in [0, 0.1) is 0 Å². The number of carbonyl (C=O) groups excluding carboxylic acids is 2. The van der Waals surface area contributed by atoms with Gasteiger partial charge in [-0.05, 0) is 13.0 Å². The van der Waals surface area contributed by atoms with Gasteiger partial charge >= 0.3 is 0 Å². The fraction of sp³-hybridized carbons (Fsp3) is 0.125. The number of aldehydes is 1. The zero-order valence-corrected chi connectivity index (χ0v) is 6.44. The van der Waals surface area contributed by atoms with E-state index in [1.807, 2.05) is 0 Å². The second kappa shape index (κ2) is 3.13. The van der Waals surface area contributed by atoms with Crippen molar-refractivity contribution in [3.05, 3.63) is 23.5 Å². The predicted molar refractivity (Wildman–Crippen MR) is 41.3 cm³/mol. The molecule has 0 amide bonds. The highest BCUT2D eigenvalue weighted by Gasteiger charge is 2.10. The number of aromatic hydroxyl groups is 1. The van der Waals surface area contributed by atoms with Crippen LogP contribution in [0.2, 0.25) is 0 Å². The minimum Gasteiger partial charge on any atom is -0.505 e. The van der Waals surface area contributed by atoms with E-state index in [1.54, 1.807) is 0 Å². The van der Waals surface area contributed by atoms with E-state index in [2.05, 4.69) is 4.98 Å². The van der Waals surface area contributed by atoms with Crippen molar-refractivity contribution in [2.45, 2.75) is 6.92 Å². The molecule has 4 heteroatoms. The molecule has 12 heavy (non-hydrogen) atoms. The van der Waals surface area contributed by atoms with Gasteiger partial charge in [0.25, 0.3) is 0 Å². The average Bonchev–Trinajstić information content (AvgIpc) is 2.04. The van der Waals surface area contributed by atoms with Gasteiger partial charge in [-0.1, -0.05) is 0 Å². The van der Waals surface area contributed by atoms with Gasteiger partial charge in [-0.3, -0.25) is 9.59 Å². The molecule has 0 aliphatic rings. The van der Waals surface area contributed by atoms with Gasteiger partial charge in [-0.25, -0.2) is 4.98 Å². The number of aromatic nitrogens is 1. The minimum atomic E-state index is -0.347. The van der Waals surface area contributed by atoms with Gasteiger partial charge in [0.2, 0.25) is 0 Å². The first-order valence-corrected chi connectivity index (χ1v) is 3.31. The van der Waals surface area contributed by atoms with Crippen LogP contribution in [-0.4, -0.2) is 22.2 Å². The number of hydrogen-bond acceptors (Lipinski definition) is 4. The topological polar surface area (TPSA) is 67.3 Å². The van der Waals surface area contributed by atoms with E-state index >= 15 is 0 Å². The van der Waals surface area contributed by atoms with E-state index in [0.717, 1.165) is 0 Å². The maximum absolute atomic E-state index is 10.8. The molecule has 0 unspecified atom stereocenters. The normalized spacial score (nSPS) is 9.42. The summed E-state index contributed by atoms with van der Waals surface area (Å²) in [6, 6.07) is 1.37. The summed E-state index contributed by atoms with van der Waals surface area (Å²) in [4.78, 5) is 24.7. The lowest BCUT2D eigenvalue weighted by Gasteiger charge is -2.00. The van der Waals surface area contributed by atoms with Crippen molar-refractivity contribution in [3.8, 4) is 5.75 Å². The Hall–Kier alpha value is -1.71. The molecule has 0 atom stereocenters. The molecule has 0 bridgehead atoms. The third kappa shape index (κ3) is 1.32. The van der Waals surface area contributed by atoms with E-state index in [-0.39, 0.29) is 22.8 Å². The Kier molecular flexibility index (Phi) is 2.19. The van der Waals surface area contributed by atoms with Crippen LogP contribution in [0.1, 0.15) is 27.8 Å². The fourth-order valence-corrected chi connectivity index (χ4v) is 0.840. The number of pyridine rings is 1. The number of rotatable bonds is 2. The molecule has 0 radical (unpaired) electrons. The number of Topliss-reactive ketones (excluding diaryl/α,β-unsaturated/α-hetero) is 1. The highest BCUT2D eigenvalue weighted by atomic mass is 16.3. The van der Waals surface area contributed by atoms with Gasteiger partial charge in [0.05, 0.1) is 5.56 Å². The van der Waals surface area contributed by atoms with Crippen LogP contribution in [0.25, 0.3) is 0 Å². The summed E-state index contributed by atoms with van der Waals surface area (Å²) in [7, 11) is 0. The van der Waals surface area contributed by atoms with Crippen molar-refractivity contribution in [2.75, 3.05) is 0 Å². The molecule has 1 N–H and O–H groups in total. The molecule has 0 spiro atoms. The van der Waals surface area contributed by atoms with Gasteiger partial charge in [0.1, 0.15) is 5.69 Å². The monoisotopic (exact) mass is 165 g/mol. The number of hydrogen-bond donors (Lipinski definition) is 1. The summed E-state index contributed by atoms with van der Waals surface area (Å²) in [6.07, 6.45) is 1.71. The SMILES string of the molecule is CC(=O)c1ccnc(C=O)c1O. The molecule has 0 saturated heterocycles. The van der Waals surface area contributed by atoms with Crippen LogP contribution in [-0.2, 0) is 0 Å². The highest BCUT2D eigenvalue weighted by molar-refractivity contribution is 5.98. The van der Waals surface area contributed by atoms with E-state index in [1.165, 1.54) is 19.2 Å². The number of nitrogens with zero attached hydrogens (tertiary/aromatic N) is 1. The van der Waals surface area contributed by atoms with E-state index in [0.29, 0.717) is 6.29 Å². The first kappa shape index (κ1) is 8.39. The zero-order chi connectivity index (χ0) is 9.14. The highest BCUT2D eigenvalue weighted by Crippen LogP contribution is 2.18. The smallest absolute Gasteiger partial charge is 0.172 e. The largest absolute Gasteiger partial charge is 0.505 e. The molecule has 0 aliphatic carbocycles. The molecule has 0 fully saturated rings. The van der Waals surface area contributed by atoms with E-state index in [9.17, 15) is 14.7 Å². The Bertz CT molecular complexity index is 333. The van der Waals surface area contributed by atoms with Crippen LogP contribution < -0.4 is 0 Å². The standard InChI is InChI=1S/C8H7NO3/c1-5(11)6-2-3-9-7(4-10)8(6)12/h2-4,12H,1H3. The molecular formula is C8H7NO3. The second-order valence-corrected chi connectivity index (χ2v) is 2.27. The molecular weight excluding hydrogens is 158 g/mol. The molecule has 0 aliphatic heterocycles. The number of carbonyl (C=O) groups is 2. The van der Waals surface area contributed by atoms with Crippen molar-refractivity contribution < 1.29 is 14.7 Å². The summed E-state index contributed by atoms with van der Waals surface area (Å²) < 4.78 is 0. The third-order valence-corrected chi connectivity index (χ3v) is 1.44. The average molecular weight is 165 g/mol. The quantitative estimate of drug-likeness (QED) is 0.520. The minimum absolute atomic E-state index is 0.109. The maximum atomic E-state index is 10.8. The summed E-state index contributed by atoms with van der Waals surface area (Å²) >= 11 is 0. The molecule has 62 valence electrons. The molecule has 4 nitrogen and oxygen atoms in total. The van der Waals surface area contributed by atoms with Gasteiger partial charge in [-0.2, -0.15) is 0 Å². The van der Waals surface area contributed by atoms with Gasteiger partial charge in [-0.15, -0.1) is 0 Å². The molecule has 1 heterocycles. The van der Waals surface area contributed by atoms with Crippen molar-refractivity contribution in [2.24, 2.45) is 0 Å². The maximum Gasteiger partial charge on any atom is 0.172 e. The summed E-state index contributed by atoms with van der Waals surface area (Å²) in [5.74, 6) is -0.641. The lowest BCUT2D eigenvalue weighted by molar-refractivity contribution is 0.101. The first-order valence-electron chi connectivity index (χ1n) is 3.31. The molecule has 1 rings (SSSR count). The van der Waals surface area contributed by atoms with E-state index in [4.69, 9.17) is 0 Å². The molecule has 0 saturated carbocycles. The Balaban J connectivity index is 3.32. The van der Waals surface area contributed by atoms with Gasteiger partial charge in [0, 0.05) is 6.20 Å². The number of ketones is 1. The Morgan fingerprint density at radius 1 is 1.67 bits per heavy atom. The summed E-state index contributed by atoms with van der Waals surface area (Å²) in [5, 5.41) is 9.24. The third-order valence-electron chi connectivity index (χ3n) is 1.44. The van der Waals surface area contributed by atoms with Crippen LogP contribution in [0.15, 0.2) is 12.3 Å². The summed E-state index contributed by atoms with van der Waals surface area (Å²) in [6.45, 7) is 1.31. The lowest BCUT2D eigenvalue weighted by Crippen LogP contribution is -1.97. The van der Waals surface area contributed by atoms with E-state index < -0.39 is 0 Å². The van der Waals surface area contributed by atoms with Crippen molar-refractivity contribution in [3.63, 3.8) is 0 Å². The van der Waals surface area contributed by atoms with Crippen LogP contribution in [0.5, 0.6) is 5.75 Å². The van der Waals surface area contributed by atoms with Crippen molar-refractivity contribution in [1.29, 1.82) is 0 Å². The van der Waals surface area contributed by atoms with Gasteiger partial charge < -0.3 is 5.11 Å². The van der Waals surface area contributed by atoms with Crippen LogP contribution in [0.4, 0.5) is 0 Å². The first-order chi connectivity index (χ1) is 5.66. The van der Waals surface area contributed by atoms with Gasteiger partial charge in [0.15, 0.2) is 17.8 Å². The molecule has 1 aromatic heterocycles. The second-order valence-electron chi connectivity index (χ2n) is 2.27. The molecule has 1 aromatic rings. The van der Waals surface area contributed by atoms with Crippen molar-refractivity contribution >= 4 is 12.1 Å². The Labute approximate surface area is 68.9 Å². The van der Waals surface area contributed by atoms with Crippen LogP contribution in [0.3, 0.4) is 0 Å². The predicted octanol–water partition coefficient (Wildman–Crippen LogP) is 0.802. The Morgan fingerprint density at radius 3 is 2.83 bits per heavy atom. The Morgan fingerprint density at radius 2 is 2.33 bits per heavy atom. The summed E-state index contributed by atoms with van der Waals surface area (Å²) in [5.41, 5.74) is 0.00907. The van der Waals surface area contributed by atoms with Crippen LogP contribution >= 0.6 is 0 Å². The fourth-order valence-electron chi connectivity index (χ4n) is 0.840. The zero-order valence-electron chi connectivity index (χ0n) is 6.44. The van der Waals surface area contributed by atoms with Crippen molar-refractivity contribution in [1.82, 2.24) is 4.98 Å². The lowest BCUT2D eigenvalue weighted by atomic mass is 10.1.